The lowest BCUT2D eigenvalue weighted by molar-refractivity contribution is 0.796. The first kappa shape index (κ1) is 9.46. The third-order valence-corrected chi connectivity index (χ3v) is 3.18. The molecule has 3 rings (SSSR count). The average Bonchev–Trinajstić information content (AvgIpc) is 2.90. The molecule has 3 nitrogen and oxygen atoms in total. The number of hydrogen-bond acceptors (Lipinski definition) is 2. The van der Waals surface area contributed by atoms with Gasteiger partial charge in [-0.1, -0.05) is 18.2 Å². The zero-order valence-electron chi connectivity index (χ0n) is 9.40. The van der Waals surface area contributed by atoms with Crippen molar-refractivity contribution in [2.45, 2.75) is 19.9 Å². The van der Waals surface area contributed by atoms with E-state index in [9.17, 15) is 0 Å². The zero-order chi connectivity index (χ0) is 11.0. The van der Waals surface area contributed by atoms with E-state index < -0.39 is 0 Å². The summed E-state index contributed by atoms with van der Waals surface area (Å²) in [6, 6.07) is 6.55. The van der Waals surface area contributed by atoms with Gasteiger partial charge >= 0.3 is 0 Å². The maximum absolute atomic E-state index is 4.29. The van der Waals surface area contributed by atoms with Crippen LogP contribution in [0.3, 0.4) is 0 Å². The molecule has 0 saturated heterocycles. The average molecular weight is 213 g/mol. The van der Waals surface area contributed by atoms with Crippen molar-refractivity contribution in [1.82, 2.24) is 9.97 Å². The van der Waals surface area contributed by atoms with Gasteiger partial charge in [-0.2, -0.15) is 0 Å². The van der Waals surface area contributed by atoms with E-state index in [1.54, 1.807) is 0 Å². The number of rotatable bonds is 2. The predicted molar refractivity (Wildman–Crippen MR) is 64.5 cm³/mol. The predicted octanol–water partition coefficient (Wildman–Crippen LogP) is 2.28. The molecule has 0 bridgehead atoms. The summed E-state index contributed by atoms with van der Waals surface area (Å²) < 4.78 is 0. The molecule has 0 amide bonds. The molecule has 0 unspecified atom stereocenters. The van der Waals surface area contributed by atoms with Crippen LogP contribution in [0.2, 0.25) is 0 Å². The minimum atomic E-state index is 0.880. The number of anilines is 1. The molecule has 0 aliphatic carbocycles. The molecule has 16 heavy (non-hydrogen) atoms. The molecule has 0 radical (unpaired) electrons. The number of benzene rings is 1. The first-order valence-electron chi connectivity index (χ1n) is 5.66. The van der Waals surface area contributed by atoms with Crippen LogP contribution in [0, 0.1) is 6.92 Å². The standard InChI is InChI=1S/C13H15N3/c1-10-3-2-4-11-5-8-16(13(10)11)9-12-14-6-7-15-12/h2-4,6-7H,5,8-9H2,1H3,(H,14,15). The highest BCUT2D eigenvalue weighted by molar-refractivity contribution is 5.62. The second kappa shape index (κ2) is 3.67. The van der Waals surface area contributed by atoms with Crippen molar-refractivity contribution in [2.75, 3.05) is 11.4 Å². The molecule has 1 aliphatic heterocycles. The van der Waals surface area contributed by atoms with Crippen molar-refractivity contribution in [1.29, 1.82) is 0 Å². The SMILES string of the molecule is Cc1cccc2c1N(Cc1ncc[nH]1)CC2. The Bertz CT molecular complexity index is 488. The minimum absolute atomic E-state index is 0.880. The van der Waals surface area contributed by atoms with E-state index in [4.69, 9.17) is 0 Å². The van der Waals surface area contributed by atoms with Gasteiger partial charge in [-0.3, -0.25) is 0 Å². The summed E-state index contributed by atoms with van der Waals surface area (Å²) in [5.41, 5.74) is 4.23. The van der Waals surface area contributed by atoms with Gasteiger partial charge in [0.15, 0.2) is 0 Å². The van der Waals surface area contributed by atoms with E-state index in [-0.39, 0.29) is 0 Å². The molecule has 1 aromatic carbocycles. The van der Waals surface area contributed by atoms with E-state index in [1.807, 2.05) is 12.4 Å². The number of H-pyrrole nitrogens is 1. The second-order valence-electron chi connectivity index (χ2n) is 4.29. The Morgan fingerprint density at radius 3 is 3.19 bits per heavy atom. The van der Waals surface area contributed by atoms with Crippen molar-refractivity contribution < 1.29 is 0 Å². The number of aromatic nitrogens is 2. The van der Waals surface area contributed by atoms with Gasteiger partial charge in [0.1, 0.15) is 5.82 Å². The Balaban J connectivity index is 1.91. The van der Waals surface area contributed by atoms with Crippen LogP contribution in [0.25, 0.3) is 0 Å². The van der Waals surface area contributed by atoms with Crippen molar-refractivity contribution in [3.8, 4) is 0 Å². The lowest BCUT2D eigenvalue weighted by Crippen LogP contribution is -2.21. The van der Waals surface area contributed by atoms with Crippen LogP contribution < -0.4 is 4.90 Å². The molecule has 2 heterocycles. The molecule has 3 heteroatoms. The quantitative estimate of drug-likeness (QED) is 0.830. The van der Waals surface area contributed by atoms with Crippen LogP contribution in [0.5, 0.6) is 0 Å². The Morgan fingerprint density at radius 1 is 1.44 bits per heavy atom. The highest BCUT2D eigenvalue weighted by atomic mass is 15.2. The van der Waals surface area contributed by atoms with Gasteiger partial charge < -0.3 is 9.88 Å². The number of para-hydroxylation sites is 1. The molecule has 1 aromatic heterocycles. The number of nitrogens with zero attached hydrogens (tertiary/aromatic N) is 2. The van der Waals surface area contributed by atoms with Crippen LogP contribution in [-0.2, 0) is 13.0 Å². The summed E-state index contributed by atoms with van der Waals surface area (Å²) in [4.78, 5) is 9.85. The van der Waals surface area contributed by atoms with Gasteiger partial charge in [-0.25, -0.2) is 4.98 Å². The van der Waals surface area contributed by atoms with Crippen molar-refractivity contribution in [3.05, 3.63) is 47.5 Å². The van der Waals surface area contributed by atoms with Crippen molar-refractivity contribution >= 4 is 5.69 Å². The molecule has 82 valence electrons. The fourth-order valence-electron chi connectivity index (χ4n) is 2.46. The van der Waals surface area contributed by atoms with E-state index in [0.717, 1.165) is 25.3 Å². The number of hydrogen-bond donors (Lipinski definition) is 1. The van der Waals surface area contributed by atoms with Crippen LogP contribution in [0.15, 0.2) is 30.6 Å². The monoisotopic (exact) mass is 213 g/mol. The van der Waals surface area contributed by atoms with Gasteiger partial charge in [-0.05, 0) is 24.5 Å². The summed E-state index contributed by atoms with van der Waals surface area (Å²) in [5.74, 6) is 1.04. The number of aryl methyl sites for hydroxylation is 1. The normalized spacial score (nSPS) is 14.2. The molecular weight excluding hydrogens is 198 g/mol. The van der Waals surface area contributed by atoms with Gasteiger partial charge in [0, 0.05) is 24.6 Å². The first-order valence-corrected chi connectivity index (χ1v) is 5.66. The molecular formula is C13H15N3. The Hall–Kier alpha value is -1.77. The fourth-order valence-corrected chi connectivity index (χ4v) is 2.46. The third-order valence-electron chi connectivity index (χ3n) is 3.18. The van der Waals surface area contributed by atoms with E-state index >= 15 is 0 Å². The first-order chi connectivity index (χ1) is 7.84. The highest BCUT2D eigenvalue weighted by Gasteiger charge is 2.20. The zero-order valence-corrected chi connectivity index (χ0v) is 9.40. The summed E-state index contributed by atoms with van der Waals surface area (Å²) in [6.07, 6.45) is 4.84. The second-order valence-corrected chi connectivity index (χ2v) is 4.29. The Morgan fingerprint density at radius 2 is 2.38 bits per heavy atom. The highest BCUT2D eigenvalue weighted by Crippen LogP contribution is 2.31. The lowest BCUT2D eigenvalue weighted by atomic mass is 10.1. The van der Waals surface area contributed by atoms with Crippen LogP contribution in [-0.4, -0.2) is 16.5 Å². The van der Waals surface area contributed by atoms with Gasteiger partial charge in [0.2, 0.25) is 0 Å². The number of aromatic amines is 1. The topological polar surface area (TPSA) is 31.9 Å². The minimum Gasteiger partial charge on any atom is -0.363 e. The molecule has 0 spiro atoms. The number of imidazole rings is 1. The van der Waals surface area contributed by atoms with Crippen LogP contribution in [0.4, 0.5) is 5.69 Å². The summed E-state index contributed by atoms with van der Waals surface area (Å²) in [6.45, 7) is 4.16. The summed E-state index contributed by atoms with van der Waals surface area (Å²) in [5, 5.41) is 0. The fraction of sp³-hybridized carbons (Fsp3) is 0.308. The van der Waals surface area contributed by atoms with E-state index in [2.05, 4.69) is 40.0 Å². The van der Waals surface area contributed by atoms with Gasteiger partial charge in [0.05, 0.1) is 6.54 Å². The largest absolute Gasteiger partial charge is 0.363 e. The smallest absolute Gasteiger partial charge is 0.125 e. The van der Waals surface area contributed by atoms with Crippen LogP contribution in [0.1, 0.15) is 17.0 Å². The third kappa shape index (κ3) is 1.48. The maximum Gasteiger partial charge on any atom is 0.125 e. The molecule has 0 atom stereocenters. The summed E-state index contributed by atoms with van der Waals surface area (Å²) >= 11 is 0. The lowest BCUT2D eigenvalue weighted by Gasteiger charge is -2.19. The molecule has 2 aromatic rings. The molecule has 0 saturated carbocycles. The van der Waals surface area contributed by atoms with Gasteiger partial charge in [0.25, 0.3) is 0 Å². The van der Waals surface area contributed by atoms with E-state index in [0.29, 0.717) is 0 Å². The number of fused-ring (bicyclic) bond motifs is 1. The maximum atomic E-state index is 4.29. The summed E-state index contributed by atoms with van der Waals surface area (Å²) in [7, 11) is 0. The van der Waals surface area contributed by atoms with E-state index in [1.165, 1.54) is 16.8 Å². The Kier molecular flexibility index (Phi) is 2.17. The van der Waals surface area contributed by atoms with Crippen LogP contribution >= 0.6 is 0 Å². The Labute approximate surface area is 95.1 Å². The van der Waals surface area contributed by atoms with Crippen molar-refractivity contribution in [3.63, 3.8) is 0 Å². The number of nitrogens with one attached hydrogen (secondary N) is 1. The van der Waals surface area contributed by atoms with Gasteiger partial charge in [-0.15, -0.1) is 0 Å². The molecule has 1 aliphatic rings. The molecule has 0 fully saturated rings. The molecule has 1 N–H and O–H groups in total. The van der Waals surface area contributed by atoms with Crippen molar-refractivity contribution in [2.24, 2.45) is 0 Å².